The van der Waals surface area contributed by atoms with E-state index in [0.717, 1.165) is 24.3 Å². The normalized spacial score (nSPS) is 14.5. The van der Waals surface area contributed by atoms with Crippen LogP contribution < -0.4 is 4.90 Å². The number of H-pyrrole nitrogens is 1. The first-order valence-corrected chi connectivity index (χ1v) is 8.92. The number of anilines is 1. The van der Waals surface area contributed by atoms with Crippen LogP contribution in [0.5, 0.6) is 0 Å². The molecule has 132 valence electrons. The summed E-state index contributed by atoms with van der Waals surface area (Å²) in [6, 6.07) is 18.3. The zero-order valence-electron chi connectivity index (χ0n) is 14.9. The highest BCUT2D eigenvalue weighted by Gasteiger charge is 2.25. The van der Waals surface area contributed by atoms with E-state index >= 15 is 0 Å². The third-order valence-electron chi connectivity index (χ3n) is 4.96. The van der Waals surface area contributed by atoms with Crippen molar-refractivity contribution in [3.05, 3.63) is 71.9 Å². The molecule has 1 fully saturated rings. The standard InChI is InChI=1S/C21H22N4O/c1-16-7-5-6-10-19(16)24-11-13-25(14-12-24)21(26)18-15-22-23-20(18)17-8-3-2-4-9-17/h2-10,15H,11-14H2,1H3,(H,22,23). The number of nitrogens with one attached hydrogen (secondary N) is 1. The molecule has 3 aromatic rings. The number of piperazine rings is 1. The average molecular weight is 346 g/mol. The minimum atomic E-state index is 0.0436. The Morgan fingerprint density at radius 3 is 2.38 bits per heavy atom. The van der Waals surface area contributed by atoms with Gasteiger partial charge in [0.2, 0.25) is 0 Å². The number of carbonyl (C=O) groups excluding carboxylic acids is 1. The number of aryl methyl sites for hydroxylation is 1. The van der Waals surface area contributed by atoms with E-state index in [0.29, 0.717) is 18.7 Å². The first-order valence-electron chi connectivity index (χ1n) is 8.92. The van der Waals surface area contributed by atoms with E-state index in [1.165, 1.54) is 11.3 Å². The molecule has 0 spiro atoms. The van der Waals surface area contributed by atoms with Gasteiger partial charge in [0, 0.05) is 37.4 Å². The van der Waals surface area contributed by atoms with Crippen LogP contribution in [-0.4, -0.2) is 47.2 Å². The predicted molar refractivity (Wildman–Crippen MR) is 103 cm³/mol. The summed E-state index contributed by atoms with van der Waals surface area (Å²) in [7, 11) is 0. The Hall–Kier alpha value is -3.08. The monoisotopic (exact) mass is 346 g/mol. The molecule has 0 saturated carbocycles. The first-order chi connectivity index (χ1) is 12.7. The van der Waals surface area contributed by atoms with E-state index in [-0.39, 0.29) is 5.91 Å². The molecule has 0 atom stereocenters. The molecule has 5 heteroatoms. The number of para-hydroxylation sites is 1. The van der Waals surface area contributed by atoms with Crippen LogP contribution in [0.1, 0.15) is 15.9 Å². The fourth-order valence-corrected chi connectivity index (χ4v) is 3.51. The summed E-state index contributed by atoms with van der Waals surface area (Å²) in [5.74, 6) is 0.0436. The summed E-state index contributed by atoms with van der Waals surface area (Å²) < 4.78 is 0. The summed E-state index contributed by atoms with van der Waals surface area (Å²) in [4.78, 5) is 17.3. The van der Waals surface area contributed by atoms with Crippen LogP contribution in [0, 0.1) is 6.92 Å². The molecule has 1 N–H and O–H groups in total. The van der Waals surface area contributed by atoms with Crippen molar-refractivity contribution in [1.82, 2.24) is 15.1 Å². The molecule has 1 aromatic heterocycles. The first kappa shape index (κ1) is 16.4. The lowest BCUT2D eigenvalue weighted by atomic mass is 10.1. The fourth-order valence-electron chi connectivity index (χ4n) is 3.51. The summed E-state index contributed by atoms with van der Waals surface area (Å²) in [6.07, 6.45) is 1.64. The van der Waals surface area contributed by atoms with Gasteiger partial charge < -0.3 is 9.80 Å². The summed E-state index contributed by atoms with van der Waals surface area (Å²) in [6.45, 7) is 5.24. The molecule has 1 saturated heterocycles. The van der Waals surface area contributed by atoms with Gasteiger partial charge in [0.1, 0.15) is 0 Å². The Labute approximate surface area is 153 Å². The molecule has 26 heavy (non-hydrogen) atoms. The van der Waals surface area contributed by atoms with Gasteiger partial charge in [-0.05, 0) is 18.6 Å². The van der Waals surface area contributed by atoms with Gasteiger partial charge in [0.25, 0.3) is 5.91 Å². The maximum atomic E-state index is 13.0. The van der Waals surface area contributed by atoms with Crippen molar-refractivity contribution in [3.8, 4) is 11.3 Å². The quantitative estimate of drug-likeness (QED) is 0.791. The van der Waals surface area contributed by atoms with Gasteiger partial charge in [-0.15, -0.1) is 0 Å². The smallest absolute Gasteiger partial charge is 0.257 e. The second-order valence-corrected chi connectivity index (χ2v) is 6.59. The number of rotatable bonds is 3. The van der Waals surface area contributed by atoms with Gasteiger partial charge >= 0.3 is 0 Å². The average Bonchev–Trinajstić information content (AvgIpc) is 3.18. The van der Waals surface area contributed by atoms with Gasteiger partial charge in [0.05, 0.1) is 17.5 Å². The lowest BCUT2D eigenvalue weighted by Gasteiger charge is -2.36. The molecule has 1 aliphatic rings. The van der Waals surface area contributed by atoms with Crippen molar-refractivity contribution < 1.29 is 4.79 Å². The number of aromatic amines is 1. The Kier molecular flexibility index (Phi) is 4.44. The topological polar surface area (TPSA) is 52.2 Å². The SMILES string of the molecule is Cc1ccccc1N1CCN(C(=O)c2cn[nH]c2-c2ccccc2)CC1. The summed E-state index contributed by atoms with van der Waals surface area (Å²) in [5, 5.41) is 7.08. The zero-order valence-corrected chi connectivity index (χ0v) is 14.9. The van der Waals surface area contributed by atoms with Crippen molar-refractivity contribution >= 4 is 11.6 Å². The third kappa shape index (κ3) is 3.08. The Morgan fingerprint density at radius 2 is 1.65 bits per heavy atom. The number of carbonyl (C=O) groups is 1. The third-order valence-corrected chi connectivity index (χ3v) is 4.96. The Balaban J connectivity index is 1.48. The van der Waals surface area contributed by atoms with Crippen LogP contribution in [0.15, 0.2) is 60.8 Å². The van der Waals surface area contributed by atoms with Gasteiger partial charge in [-0.1, -0.05) is 48.5 Å². The lowest BCUT2D eigenvalue weighted by molar-refractivity contribution is 0.0747. The van der Waals surface area contributed by atoms with E-state index in [1.54, 1.807) is 6.20 Å². The fraction of sp³-hybridized carbons (Fsp3) is 0.238. The molecule has 0 aliphatic carbocycles. The van der Waals surface area contributed by atoms with E-state index in [4.69, 9.17) is 0 Å². The van der Waals surface area contributed by atoms with E-state index in [2.05, 4.69) is 46.3 Å². The minimum absolute atomic E-state index is 0.0436. The molecule has 0 bridgehead atoms. The minimum Gasteiger partial charge on any atom is -0.368 e. The van der Waals surface area contributed by atoms with E-state index in [9.17, 15) is 4.79 Å². The molecule has 5 nitrogen and oxygen atoms in total. The highest BCUT2D eigenvalue weighted by atomic mass is 16.2. The molecule has 1 aliphatic heterocycles. The van der Waals surface area contributed by atoms with Crippen LogP contribution in [0.4, 0.5) is 5.69 Å². The maximum Gasteiger partial charge on any atom is 0.257 e. The van der Waals surface area contributed by atoms with Gasteiger partial charge in [0.15, 0.2) is 0 Å². The van der Waals surface area contributed by atoms with Crippen LogP contribution in [0.25, 0.3) is 11.3 Å². The molecule has 0 radical (unpaired) electrons. The van der Waals surface area contributed by atoms with Crippen LogP contribution in [0.3, 0.4) is 0 Å². The molecule has 2 aromatic carbocycles. The summed E-state index contributed by atoms with van der Waals surface area (Å²) >= 11 is 0. The highest BCUT2D eigenvalue weighted by Crippen LogP contribution is 2.24. The Morgan fingerprint density at radius 1 is 0.962 bits per heavy atom. The van der Waals surface area contributed by atoms with Crippen LogP contribution in [-0.2, 0) is 0 Å². The molecular weight excluding hydrogens is 324 g/mol. The second-order valence-electron chi connectivity index (χ2n) is 6.59. The summed E-state index contributed by atoms with van der Waals surface area (Å²) in [5.41, 5.74) is 4.94. The highest BCUT2D eigenvalue weighted by molar-refractivity contribution is 5.99. The molecular formula is C21H22N4O. The largest absolute Gasteiger partial charge is 0.368 e. The van der Waals surface area contributed by atoms with Crippen molar-refractivity contribution in [3.63, 3.8) is 0 Å². The Bertz CT molecular complexity index is 895. The van der Waals surface area contributed by atoms with Gasteiger partial charge in [-0.3, -0.25) is 9.89 Å². The van der Waals surface area contributed by atoms with Crippen LogP contribution >= 0.6 is 0 Å². The second kappa shape index (κ2) is 7.04. The predicted octanol–water partition coefficient (Wildman–Crippen LogP) is 3.35. The van der Waals surface area contributed by atoms with Crippen molar-refractivity contribution in [1.29, 1.82) is 0 Å². The number of nitrogens with zero attached hydrogens (tertiary/aromatic N) is 3. The molecule has 2 heterocycles. The number of benzene rings is 2. The number of amides is 1. The lowest BCUT2D eigenvalue weighted by Crippen LogP contribution is -2.49. The number of aromatic nitrogens is 2. The van der Waals surface area contributed by atoms with Gasteiger partial charge in [-0.25, -0.2) is 0 Å². The number of hydrogen-bond acceptors (Lipinski definition) is 3. The van der Waals surface area contributed by atoms with Gasteiger partial charge in [-0.2, -0.15) is 5.10 Å². The van der Waals surface area contributed by atoms with Crippen molar-refractivity contribution in [2.24, 2.45) is 0 Å². The molecule has 4 rings (SSSR count). The van der Waals surface area contributed by atoms with Crippen molar-refractivity contribution in [2.45, 2.75) is 6.92 Å². The zero-order chi connectivity index (χ0) is 17.9. The maximum absolute atomic E-state index is 13.0. The van der Waals surface area contributed by atoms with E-state index < -0.39 is 0 Å². The number of hydrogen-bond donors (Lipinski definition) is 1. The van der Waals surface area contributed by atoms with Crippen LogP contribution in [0.2, 0.25) is 0 Å². The van der Waals surface area contributed by atoms with Crippen molar-refractivity contribution in [2.75, 3.05) is 31.1 Å². The van der Waals surface area contributed by atoms with E-state index in [1.807, 2.05) is 35.2 Å². The molecule has 0 unspecified atom stereocenters. The molecule has 1 amide bonds.